The van der Waals surface area contributed by atoms with Crippen LogP contribution in [0.15, 0.2) is 18.2 Å². The summed E-state index contributed by atoms with van der Waals surface area (Å²) in [5, 5.41) is 9.50. The van der Waals surface area contributed by atoms with E-state index in [1.807, 2.05) is 0 Å². The van der Waals surface area contributed by atoms with E-state index in [0.717, 1.165) is 30.7 Å². The Morgan fingerprint density at radius 1 is 1.32 bits per heavy atom. The summed E-state index contributed by atoms with van der Waals surface area (Å²) in [5.41, 5.74) is 1.38. The van der Waals surface area contributed by atoms with Gasteiger partial charge in [0.05, 0.1) is 11.6 Å². The molecule has 2 aliphatic rings. The van der Waals surface area contributed by atoms with Crippen LogP contribution in [0.1, 0.15) is 46.5 Å². The first-order valence-electron chi connectivity index (χ1n) is 7.09. The number of aromatic amines is 1. The summed E-state index contributed by atoms with van der Waals surface area (Å²) < 4.78 is 32.3. The Bertz CT molecular complexity index is 755. The monoisotopic (exact) mass is 305 g/mol. The topological polar surface area (TPSA) is 67.0 Å². The van der Waals surface area contributed by atoms with E-state index in [1.165, 1.54) is 0 Å². The molecule has 1 fully saturated rings. The molecule has 4 rings (SSSR count). The number of benzene rings is 1. The number of amides is 1. The van der Waals surface area contributed by atoms with Gasteiger partial charge in [-0.3, -0.25) is 9.89 Å². The molecule has 1 aliphatic heterocycles. The molecular formula is C15H13F2N3O2. The normalized spacial score (nSPS) is 19.6. The van der Waals surface area contributed by atoms with Gasteiger partial charge in [-0.2, -0.15) is 5.10 Å². The minimum Gasteiger partial charge on any atom is -0.490 e. The van der Waals surface area contributed by atoms with Crippen LogP contribution in [-0.2, 0) is 0 Å². The van der Waals surface area contributed by atoms with Gasteiger partial charge in [0.25, 0.3) is 5.91 Å². The second-order valence-corrected chi connectivity index (χ2v) is 5.62. The van der Waals surface area contributed by atoms with Crippen LogP contribution in [0.4, 0.5) is 8.78 Å². The van der Waals surface area contributed by atoms with Gasteiger partial charge in [0.15, 0.2) is 0 Å². The molecular weight excluding hydrogens is 292 g/mol. The largest absolute Gasteiger partial charge is 0.490 e. The zero-order valence-corrected chi connectivity index (χ0v) is 11.5. The first-order valence-corrected chi connectivity index (χ1v) is 7.09. The summed E-state index contributed by atoms with van der Waals surface area (Å²) in [6.45, 7) is 0.0708. The average Bonchev–Trinajstić information content (AvgIpc) is 3.06. The number of aromatic nitrogens is 2. The van der Waals surface area contributed by atoms with Crippen molar-refractivity contribution in [1.29, 1.82) is 0 Å². The summed E-state index contributed by atoms with van der Waals surface area (Å²) in [6, 6.07) is 2.96. The molecule has 114 valence electrons. The summed E-state index contributed by atoms with van der Waals surface area (Å²) in [6.07, 6.45) is 2.20. The molecule has 1 saturated carbocycles. The number of rotatable bonds is 3. The molecule has 0 unspecified atom stereocenters. The Kier molecular flexibility index (Phi) is 2.88. The molecule has 22 heavy (non-hydrogen) atoms. The molecule has 2 N–H and O–H groups in total. The van der Waals surface area contributed by atoms with Crippen LogP contribution < -0.4 is 10.1 Å². The van der Waals surface area contributed by atoms with Gasteiger partial charge >= 0.3 is 0 Å². The average molecular weight is 305 g/mol. The number of hydrogen-bond acceptors (Lipinski definition) is 3. The van der Waals surface area contributed by atoms with Crippen LogP contribution in [0.3, 0.4) is 0 Å². The van der Waals surface area contributed by atoms with Gasteiger partial charge in [-0.25, -0.2) is 8.78 Å². The number of hydrogen-bond donors (Lipinski definition) is 2. The number of fused-ring (bicyclic) bond motifs is 1. The van der Waals surface area contributed by atoms with Crippen LogP contribution >= 0.6 is 0 Å². The molecule has 1 amide bonds. The molecule has 0 saturated heterocycles. The lowest BCUT2D eigenvalue weighted by atomic mass is 10.1. The van der Waals surface area contributed by atoms with Crippen molar-refractivity contribution in [2.24, 2.45) is 0 Å². The third-order valence-electron chi connectivity index (χ3n) is 3.96. The second kappa shape index (κ2) is 4.79. The van der Waals surface area contributed by atoms with E-state index in [9.17, 15) is 13.6 Å². The summed E-state index contributed by atoms with van der Waals surface area (Å²) in [4.78, 5) is 12.2. The van der Waals surface area contributed by atoms with Gasteiger partial charge in [0, 0.05) is 23.7 Å². The van der Waals surface area contributed by atoms with Crippen molar-refractivity contribution in [3.05, 3.63) is 46.8 Å². The van der Waals surface area contributed by atoms with Crippen LogP contribution in [-0.4, -0.2) is 22.7 Å². The molecule has 2 heterocycles. The summed E-state index contributed by atoms with van der Waals surface area (Å²) in [7, 11) is 0. The standard InChI is InChI=1S/C15H13F2N3O2/c16-8-3-9(17)14-12(6-22-13(14)4-8)18-15(21)11-5-10(19-20-11)7-1-2-7/h3-5,7,12H,1-2,6H2,(H,18,21)(H,19,20)/t12-/m0/s1. The van der Waals surface area contributed by atoms with E-state index in [4.69, 9.17) is 4.74 Å². The fourth-order valence-corrected chi connectivity index (χ4v) is 2.68. The van der Waals surface area contributed by atoms with Gasteiger partial charge in [-0.1, -0.05) is 0 Å². The van der Waals surface area contributed by atoms with Crippen molar-refractivity contribution in [3.63, 3.8) is 0 Å². The first kappa shape index (κ1) is 13.2. The van der Waals surface area contributed by atoms with Crippen molar-refractivity contribution in [1.82, 2.24) is 15.5 Å². The van der Waals surface area contributed by atoms with Gasteiger partial charge in [-0.15, -0.1) is 0 Å². The van der Waals surface area contributed by atoms with Gasteiger partial charge in [0.1, 0.15) is 29.7 Å². The summed E-state index contributed by atoms with van der Waals surface area (Å²) in [5.74, 6) is -1.25. The Morgan fingerprint density at radius 3 is 2.91 bits per heavy atom. The third-order valence-corrected chi connectivity index (χ3v) is 3.96. The SMILES string of the molecule is O=C(N[C@H]1COc2cc(F)cc(F)c21)c1cc(C2CC2)[nH]n1. The van der Waals surface area contributed by atoms with E-state index >= 15 is 0 Å². The van der Waals surface area contributed by atoms with Crippen molar-refractivity contribution >= 4 is 5.91 Å². The van der Waals surface area contributed by atoms with Gasteiger partial charge in [-0.05, 0) is 18.9 Å². The zero-order chi connectivity index (χ0) is 15.3. The second-order valence-electron chi connectivity index (χ2n) is 5.62. The quantitative estimate of drug-likeness (QED) is 0.915. The van der Waals surface area contributed by atoms with Crippen LogP contribution in [0, 0.1) is 11.6 Å². The number of nitrogens with one attached hydrogen (secondary N) is 2. The van der Waals surface area contributed by atoms with E-state index in [2.05, 4.69) is 15.5 Å². The zero-order valence-electron chi connectivity index (χ0n) is 11.5. The van der Waals surface area contributed by atoms with Crippen LogP contribution in [0.2, 0.25) is 0 Å². The number of nitrogens with zero attached hydrogens (tertiary/aromatic N) is 1. The molecule has 1 atom stereocenters. The Labute approximate surface area is 124 Å². The molecule has 1 aromatic heterocycles. The number of H-pyrrole nitrogens is 1. The number of ether oxygens (including phenoxy) is 1. The maximum atomic E-state index is 13.9. The first-order chi connectivity index (χ1) is 10.6. The van der Waals surface area contributed by atoms with E-state index in [0.29, 0.717) is 5.92 Å². The minimum atomic E-state index is -0.724. The van der Waals surface area contributed by atoms with Gasteiger partial charge in [0.2, 0.25) is 0 Å². The highest BCUT2D eigenvalue weighted by molar-refractivity contribution is 5.92. The van der Waals surface area contributed by atoms with Crippen LogP contribution in [0.5, 0.6) is 5.75 Å². The van der Waals surface area contributed by atoms with Crippen molar-refractivity contribution in [2.75, 3.05) is 6.61 Å². The third kappa shape index (κ3) is 2.22. The maximum absolute atomic E-state index is 13.9. The minimum absolute atomic E-state index is 0.0708. The van der Waals surface area contributed by atoms with Gasteiger partial charge < -0.3 is 10.1 Å². The lowest BCUT2D eigenvalue weighted by Crippen LogP contribution is -2.30. The lowest BCUT2D eigenvalue weighted by molar-refractivity contribution is 0.0924. The number of carbonyl (C=O) groups excluding carboxylic acids is 1. The van der Waals surface area contributed by atoms with E-state index in [-0.39, 0.29) is 23.6 Å². The van der Waals surface area contributed by atoms with E-state index in [1.54, 1.807) is 6.07 Å². The molecule has 7 heteroatoms. The Morgan fingerprint density at radius 2 is 2.14 bits per heavy atom. The maximum Gasteiger partial charge on any atom is 0.272 e. The van der Waals surface area contributed by atoms with Crippen molar-refractivity contribution in [3.8, 4) is 5.75 Å². The predicted octanol–water partition coefficient (Wildman–Crippen LogP) is 2.43. The summed E-state index contributed by atoms with van der Waals surface area (Å²) >= 11 is 0. The molecule has 5 nitrogen and oxygen atoms in total. The Balaban J connectivity index is 1.53. The Hall–Kier alpha value is -2.44. The fraction of sp³-hybridized carbons (Fsp3) is 0.333. The highest BCUT2D eigenvalue weighted by Crippen LogP contribution is 2.39. The number of carbonyl (C=O) groups is 1. The highest BCUT2D eigenvalue weighted by atomic mass is 19.1. The molecule has 2 aromatic rings. The van der Waals surface area contributed by atoms with E-state index < -0.39 is 23.6 Å². The lowest BCUT2D eigenvalue weighted by Gasteiger charge is -2.11. The van der Waals surface area contributed by atoms with Crippen molar-refractivity contribution in [2.45, 2.75) is 24.8 Å². The highest BCUT2D eigenvalue weighted by Gasteiger charge is 2.31. The predicted molar refractivity (Wildman–Crippen MR) is 72.6 cm³/mol. The smallest absolute Gasteiger partial charge is 0.272 e. The van der Waals surface area contributed by atoms with Crippen LogP contribution in [0.25, 0.3) is 0 Å². The molecule has 1 aliphatic carbocycles. The fourth-order valence-electron chi connectivity index (χ4n) is 2.68. The molecule has 0 bridgehead atoms. The van der Waals surface area contributed by atoms with Crippen molar-refractivity contribution < 1.29 is 18.3 Å². The molecule has 1 aromatic carbocycles. The molecule has 0 spiro atoms. The number of halogens is 2. The molecule has 0 radical (unpaired) electrons.